The summed E-state index contributed by atoms with van der Waals surface area (Å²) in [4.78, 5) is 13.8. The van der Waals surface area contributed by atoms with Crippen molar-refractivity contribution in [2.75, 3.05) is 31.7 Å². The lowest BCUT2D eigenvalue weighted by Crippen LogP contribution is -2.49. The third kappa shape index (κ3) is 4.25. The number of carbonyl (C=O) groups excluding carboxylic acids is 1. The second kappa shape index (κ2) is 5.73. The van der Waals surface area contributed by atoms with E-state index in [4.69, 9.17) is 5.73 Å². The van der Waals surface area contributed by atoms with Crippen LogP contribution in [0, 0.1) is 0 Å². The van der Waals surface area contributed by atoms with Crippen LogP contribution in [0.3, 0.4) is 0 Å². The standard InChI is InChI=1S/C13H22N4O/c1-13(2,17(3)4)9-15-12(18)16-11-7-5-6-10(14)8-11/h5-8H,9,14H2,1-4H3,(H2,15,16,18). The average molecular weight is 250 g/mol. The van der Waals surface area contributed by atoms with E-state index in [2.05, 4.69) is 29.4 Å². The van der Waals surface area contributed by atoms with Crippen molar-refractivity contribution in [3.05, 3.63) is 24.3 Å². The van der Waals surface area contributed by atoms with Gasteiger partial charge < -0.3 is 21.3 Å². The second-order valence-electron chi connectivity index (χ2n) is 5.14. The Morgan fingerprint density at radius 3 is 2.61 bits per heavy atom. The quantitative estimate of drug-likeness (QED) is 0.713. The number of anilines is 2. The fourth-order valence-corrected chi connectivity index (χ4v) is 1.25. The second-order valence-corrected chi connectivity index (χ2v) is 5.14. The van der Waals surface area contributed by atoms with Crippen molar-refractivity contribution in [2.45, 2.75) is 19.4 Å². The molecule has 0 unspecified atom stereocenters. The number of nitrogens with zero attached hydrogens (tertiary/aromatic N) is 1. The Morgan fingerprint density at radius 1 is 1.39 bits per heavy atom. The van der Waals surface area contributed by atoms with E-state index >= 15 is 0 Å². The van der Waals surface area contributed by atoms with Gasteiger partial charge in [0.05, 0.1) is 0 Å². The van der Waals surface area contributed by atoms with E-state index in [-0.39, 0.29) is 11.6 Å². The Balaban J connectivity index is 2.48. The first kappa shape index (κ1) is 14.3. The van der Waals surface area contributed by atoms with Gasteiger partial charge in [0.25, 0.3) is 0 Å². The van der Waals surface area contributed by atoms with Crippen LogP contribution in [0.2, 0.25) is 0 Å². The van der Waals surface area contributed by atoms with Crippen LogP contribution in [0.25, 0.3) is 0 Å². The molecule has 4 N–H and O–H groups in total. The van der Waals surface area contributed by atoms with Crippen LogP contribution < -0.4 is 16.4 Å². The minimum atomic E-state index is -0.226. The molecule has 0 aliphatic heterocycles. The number of amides is 2. The molecule has 1 aromatic rings. The maximum Gasteiger partial charge on any atom is 0.319 e. The Hall–Kier alpha value is -1.75. The van der Waals surface area contributed by atoms with Crippen molar-refractivity contribution in [3.8, 4) is 0 Å². The Kier molecular flexibility index (Phi) is 4.55. The SMILES string of the molecule is CN(C)C(C)(C)CNC(=O)Nc1cccc(N)c1. The molecule has 0 aromatic heterocycles. The Bertz CT molecular complexity index is 415. The first-order valence-corrected chi connectivity index (χ1v) is 5.89. The molecule has 5 heteroatoms. The van der Waals surface area contributed by atoms with Crippen molar-refractivity contribution in [1.29, 1.82) is 0 Å². The van der Waals surface area contributed by atoms with Gasteiger partial charge in [0, 0.05) is 23.5 Å². The Morgan fingerprint density at radius 2 is 2.06 bits per heavy atom. The molecule has 0 saturated carbocycles. The van der Waals surface area contributed by atoms with Gasteiger partial charge in [0.1, 0.15) is 0 Å². The molecule has 0 aliphatic rings. The number of urea groups is 1. The van der Waals surface area contributed by atoms with Crippen LogP contribution in [-0.4, -0.2) is 37.1 Å². The zero-order valence-corrected chi connectivity index (χ0v) is 11.4. The number of benzene rings is 1. The third-order valence-electron chi connectivity index (χ3n) is 3.04. The molecule has 18 heavy (non-hydrogen) atoms. The molecule has 0 aliphatic carbocycles. The van der Waals surface area contributed by atoms with E-state index in [9.17, 15) is 4.79 Å². The lowest BCUT2D eigenvalue weighted by Gasteiger charge is -2.32. The van der Waals surface area contributed by atoms with Crippen molar-refractivity contribution >= 4 is 17.4 Å². The van der Waals surface area contributed by atoms with E-state index in [1.165, 1.54) is 0 Å². The van der Waals surface area contributed by atoms with Gasteiger partial charge in [-0.25, -0.2) is 4.79 Å². The first-order chi connectivity index (χ1) is 8.31. The number of rotatable bonds is 4. The van der Waals surface area contributed by atoms with E-state index in [1.807, 2.05) is 14.1 Å². The highest BCUT2D eigenvalue weighted by Crippen LogP contribution is 2.12. The molecule has 0 bridgehead atoms. The monoisotopic (exact) mass is 250 g/mol. The summed E-state index contributed by atoms with van der Waals surface area (Å²) in [6.07, 6.45) is 0. The molecule has 1 rings (SSSR count). The van der Waals surface area contributed by atoms with E-state index in [1.54, 1.807) is 24.3 Å². The number of nitrogens with two attached hydrogens (primary N) is 1. The van der Waals surface area contributed by atoms with E-state index in [0.29, 0.717) is 17.9 Å². The molecule has 2 amide bonds. The fraction of sp³-hybridized carbons (Fsp3) is 0.462. The summed E-state index contributed by atoms with van der Waals surface area (Å²) >= 11 is 0. The van der Waals surface area contributed by atoms with Crippen LogP contribution >= 0.6 is 0 Å². The van der Waals surface area contributed by atoms with Gasteiger partial charge in [-0.2, -0.15) is 0 Å². The average Bonchev–Trinajstić information content (AvgIpc) is 2.26. The van der Waals surface area contributed by atoms with Crippen molar-refractivity contribution < 1.29 is 4.79 Å². The lowest BCUT2D eigenvalue weighted by molar-refractivity contribution is 0.189. The zero-order valence-electron chi connectivity index (χ0n) is 11.4. The first-order valence-electron chi connectivity index (χ1n) is 5.89. The van der Waals surface area contributed by atoms with Gasteiger partial charge >= 0.3 is 6.03 Å². The number of carbonyl (C=O) groups is 1. The molecule has 0 atom stereocenters. The number of nitrogen functional groups attached to an aromatic ring is 1. The summed E-state index contributed by atoms with van der Waals surface area (Å²) in [7, 11) is 3.97. The van der Waals surface area contributed by atoms with Crippen LogP contribution in [0.5, 0.6) is 0 Å². The van der Waals surface area contributed by atoms with Crippen molar-refractivity contribution in [3.63, 3.8) is 0 Å². The normalized spacial score (nSPS) is 11.4. The maximum atomic E-state index is 11.7. The van der Waals surface area contributed by atoms with Gasteiger partial charge in [0.15, 0.2) is 0 Å². The molecule has 0 radical (unpaired) electrons. The topological polar surface area (TPSA) is 70.4 Å². The van der Waals surface area contributed by atoms with Gasteiger partial charge in [-0.15, -0.1) is 0 Å². The predicted molar refractivity (Wildman–Crippen MR) is 75.6 cm³/mol. The van der Waals surface area contributed by atoms with Crippen LogP contribution in [0.15, 0.2) is 24.3 Å². The van der Waals surface area contributed by atoms with Crippen LogP contribution in [0.1, 0.15) is 13.8 Å². The Labute approximate surface area is 108 Å². The number of hydrogen-bond acceptors (Lipinski definition) is 3. The molecular weight excluding hydrogens is 228 g/mol. The molecule has 0 spiro atoms. The molecule has 0 heterocycles. The highest BCUT2D eigenvalue weighted by molar-refractivity contribution is 5.89. The highest BCUT2D eigenvalue weighted by atomic mass is 16.2. The van der Waals surface area contributed by atoms with Crippen molar-refractivity contribution in [2.24, 2.45) is 0 Å². The smallest absolute Gasteiger partial charge is 0.319 e. The maximum absolute atomic E-state index is 11.7. The van der Waals surface area contributed by atoms with Crippen LogP contribution in [0.4, 0.5) is 16.2 Å². The summed E-state index contributed by atoms with van der Waals surface area (Å²) in [6, 6.07) is 6.87. The summed E-state index contributed by atoms with van der Waals surface area (Å²) in [5.74, 6) is 0. The lowest BCUT2D eigenvalue weighted by atomic mass is 10.1. The fourth-order valence-electron chi connectivity index (χ4n) is 1.25. The van der Waals surface area contributed by atoms with E-state index < -0.39 is 0 Å². The number of nitrogens with one attached hydrogen (secondary N) is 2. The minimum absolute atomic E-state index is 0.0902. The van der Waals surface area contributed by atoms with Gasteiger partial charge in [-0.1, -0.05) is 6.07 Å². The highest BCUT2D eigenvalue weighted by Gasteiger charge is 2.20. The van der Waals surface area contributed by atoms with Crippen molar-refractivity contribution in [1.82, 2.24) is 10.2 Å². The van der Waals surface area contributed by atoms with Gasteiger partial charge in [-0.05, 0) is 46.1 Å². The minimum Gasteiger partial charge on any atom is -0.399 e. The number of likely N-dealkylation sites (N-methyl/N-ethyl adjacent to an activating group) is 1. The predicted octanol–water partition coefficient (Wildman–Crippen LogP) is 1.73. The summed E-state index contributed by atoms with van der Waals surface area (Å²) in [5.41, 5.74) is 6.86. The van der Waals surface area contributed by atoms with Gasteiger partial charge in [-0.3, -0.25) is 0 Å². The van der Waals surface area contributed by atoms with E-state index in [0.717, 1.165) is 0 Å². The largest absolute Gasteiger partial charge is 0.399 e. The van der Waals surface area contributed by atoms with Gasteiger partial charge in [0.2, 0.25) is 0 Å². The molecule has 0 saturated heterocycles. The zero-order chi connectivity index (χ0) is 13.8. The molecule has 100 valence electrons. The third-order valence-corrected chi connectivity index (χ3v) is 3.04. The number of hydrogen-bond donors (Lipinski definition) is 3. The molecule has 1 aromatic carbocycles. The summed E-state index contributed by atoms with van der Waals surface area (Å²) in [6.45, 7) is 4.69. The molecule has 0 fully saturated rings. The molecule has 5 nitrogen and oxygen atoms in total. The summed E-state index contributed by atoms with van der Waals surface area (Å²) in [5, 5.41) is 5.59. The summed E-state index contributed by atoms with van der Waals surface area (Å²) < 4.78 is 0. The van der Waals surface area contributed by atoms with Crippen LogP contribution in [-0.2, 0) is 0 Å². The molecular formula is C13H22N4O.